The normalized spacial score (nSPS) is 36.7. The van der Waals surface area contributed by atoms with Crippen molar-refractivity contribution in [3.05, 3.63) is 0 Å². The predicted molar refractivity (Wildman–Crippen MR) is 39.3 cm³/mol. The molecule has 0 bridgehead atoms. The van der Waals surface area contributed by atoms with Crippen LogP contribution in [0.3, 0.4) is 0 Å². The summed E-state index contributed by atoms with van der Waals surface area (Å²) in [5.41, 5.74) is 6.11. The van der Waals surface area contributed by atoms with Crippen LogP contribution in [0.5, 0.6) is 0 Å². The zero-order valence-corrected chi connectivity index (χ0v) is 6.11. The van der Waals surface area contributed by atoms with E-state index in [1.165, 1.54) is 12.8 Å². The highest BCUT2D eigenvalue weighted by Gasteiger charge is 2.24. The molecule has 0 aliphatic carbocycles. The summed E-state index contributed by atoms with van der Waals surface area (Å²) in [5, 5.41) is 3.30. The Kier molecular flexibility index (Phi) is 2.09. The molecule has 2 heteroatoms. The Morgan fingerprint density at radius 2 is 2.44 bits per heavy atom. The van der Waals surface area contributed by atoms with Crippen LogP contribution in [-0.4, -0.2) is 18.6 Å². The molecule has 0 aromatic heterocycles. The van der Waals surface area contributed by atoms with E-state index in [0.29, 0.717) is 0 Å². The molecule has 1 saturated heterocycles. The summed E-state index contributed by atoms with van der Waals surface area (Å²) in [4.78, 5) is 0. The van der Waals surface area contributed by atoms with Crippen LogP contribution < -0.4 is 11.1 Å². The van der Waals surface area contributed by atoms with Gasteiger partial charge < -0.3 is 11.1 Å². The molecule has 1 unspecified atom stereocenters. The Hall–Kier alpha value is -0.0800. The maximum absolute atomic E-state index is 6.00. The minimum atomic E-state index is 0.109. The summed E-state index contributed by atoms with van der Waals surface area (Å²) >= 11 is 0. The molecule has 0 amide bonds. The van der Waals surface area contributed by atoms with E-state index in [4.69, 9.17) is 5.73 Å². The van der Waals surface area contributed by atoms with Gasteiger partial charge in [-0.3, -0.25) is 0 Å². The van der Waals surface area contributed by atoms with Gasteiger partial charge in [0.2, 0.25) is 0 Å². The van der Waals surface area contributed by atoms with E-state index in [1.807, 2.05) is 0 Å². The lowest BCUT2D eigenvalue weighted by Crippen LogP contribution is -2.52. The molecular formula is C7H16N2. The molecule has 1 heterocycles. The molecule has 1 rings (SSSR count). The summed E-state index contributed by atoms with van der Waals surface area (Å²) in [6.45, 7) is 4.31. The third-order valence-electron chi connectivity index (χ3n) is 2.21. The van der Waals surface area contributed by atoms with Crippen LogP contribution in [-0.2, 0) is 0 Å². The van der Waals surface area contributed by atoms with Crippen LogP contribution in [0.4, 0.5) is 0 Å². The van der Waals surface area contributed by atoms with Gasteiger partial charge in [-0.15, -0.1) is 0 Å². The minimum Gasteiger partial charge on any atom is -0.324 e. The number of rotatable bonds is 1. The second kappa shape index (κ2) is 2.67. The number of piperidine rings is 1. The smallest absolute Gasteiger partial charge is 0.0278 e. The summed E-state index contributed by atoms with van der Waals surface area (Å²) in [6.07, 6.45) is 3.53. The van der Waals surface area contributed by atoms with Gasteiger partial charge in [-0.25, -0.2) is 0 Å². The molecule has 0 aromatic rings. The molecule has 1 aliphatic rings. The lowest BCUT2D eigenvalue weighted by Gasteiger charge is -2.32. The highest BCUT2D eigenvalue weighted by Crippen LogP contribution is 2.15. The molecule has 1 aliphatic heterocycles. The number of nitrogens with one attached hydrogen (secondary N) is 1. The molecule has 0 aromatic carbocycles. The van der Waals surface area contributed by atoms with Crippen molar-refractivity contribution in [1.82, 2.24) is 5.32 Å². The zero-order chi connectivity index (χ0) is 6.74. The van der Waals surface area contributed by atoms with Crippen molar-refractivity contribution in [3.63, 3.8) is 0 Å². The maximum atomic E-state index is 6.00. The molecule has 54 valence electrons. The molecule has 0 saturated carbocycles. The Labute approximate surface area is 56.8 Å². The fraction of sp³-hybridized carbons (Fsp3) is 1.00. The van der Waals surface area contributed by atoms with Crippen LogP contribution in [0.2, 0.25) is 0 Å². The van der Waals surface area contributed by atoms with Crippen molar-refractivity contribution < 1.29 is 0 Å². The van der Waals surface area contributed by atoms with Crippen molar-refractivity contribution in [2.75, 3.05) is 13.1 Å². The Balaban J connectivity index is 2.37. The largest absolute Gasteiger partial charge is 0.324 e. The lowest BCUT2D eigenvalue weighted by molar-refractivity contribution is 0.306. The van der Waals surface area contributed by atoms with Gasteiger partial charge in [0.05, 0.1) is 0 Å². The van der Waals surface area contributed by atoms with Crippen molar-refractivity contribution in [1.29, 1.82) is 0 Å². The van der Waals surface area contributed by atoms with Crippen molar-refractivity contribution in [2.45, 2.75) is 31.7 Å². The van der Waals surface area contributed by atoms with Crippen molar-refractivity contribution in [3.8, 4) is 0 Å². The van der Waals surface area contributed by atoms with E-state index in [2.05, 4.69) is 12.2 Å². The van der Waals surface area contributed by atoms with Crippen LogP contribution in [0.1, 0.15) is 26.2 Å². The minimum absolute atomic E-state index is 0.109. The van der Waals surface area contributed by atoms with Crippen molar-refractivity contribution >= 4 is 0 Å². The van der Waals surface area contributed by atoms with Crippen LogP contribution >= 0.6 is 0 Å². The summed E-state index contributed by atoms with van der Waals surface area (Å²) in [5.74, 6) is 0. The second-order valence-electron chi connectivity index (χ2n) is 3.00. The molecule has 1 atom stereocenters. The molecule has 2 nitrogen and oxygen atoms in total. The lowest BCUT2D eigenvalue weighted by atomic mass is 9.89. The van der Waals surface area contributed by atoms with E-state index in [0.717, 1.165) is 19.5 Å². The quantitative estimate of drug-likeness (QED) is 0.539. The van der Waals surface area contributed by atoms with Gasteiger partial charge in [0.1, 0.15) is 0 Å². The van der Waals surface area contributed by atoms with Gasteiger partial charge in [-0.2, -0.15) is 0 Å². The molecule has 1 fully saturated rings. The number of nitrogens with two attached hydrogens (primary N) is 1. The fourth-order valence-electron chi connectivity index (χ4n) is 1.29. The van der Waals surface area contributed by atoms with E-state index >= 15 is 0 Å². The van der Waals surface area contributed by atoms with Crippen LogP contribution in [0.25, 0.3) is 0 Å². The third-order valence-corrected chi connectivity index (χ3v) is 2.21. The average molecular weight is 128 g/mol. The predicted octanol–water partition coefficient (Wildman–Crippen LogP) is 0.477. The zero-order valence-electron chi connectivity index (χ0n) is 6.11. The molecule has 0 radical (unpaired) electrons. The third kappa shape index (κ3) is 1.66. The first-order valence-electron chi connectivity index (χ1n) is 3.76. The van der Waals surface area contributed by atoms with Crippen LogP contribution in [0, 0.1) is 0 Å². The Bertz CT molecular complexity index is 84.9. The standard InChI is InChI=1S/C7H16N2/c1-2-7(8)4-3-5-9-6-7/h9H,2-6,8H2,1H3. The molecular weight excluding hydrogens is 112 g/mol. The Morgan fingerprint density at radius 3 is 2.78 bits per heavy atom. The average Bonchev–Trinajstić information content (AvgIpc) is 1.90. The van der Waals surface area contributed by atoms with E-state index in [-0.39, 0.29) is 5.54 Å². The Morgan fingerprint density at radius 1 is 1.67 bits per heavy atom. The summed E-state index contributed by atoms with van der Waals surface area (Å²) in [6, 6.07) is 0. The van der Waals surface area contributed by atoms with Crippen molar-refractivity contribution in [2.24, 2.45) is 5.73 Å². The van der Waals surface area contributed by atoms with E-state index in [9.17, 15) is 0 Å². The highest BCUT2D eigenvalue weighted by molar-refractivity contribution is 4.88. The topological polar surface area (TPSA) is 38.0 Å². The number of hydrogen-bond acceptors (Lipinski definition) is 2. The first kappa shape index (κ1) is 7.03. The second-order valence-corrected chi connectivity index (χ2v) is 3.00. The SMILES string of the molecule is CCC1(N)CCCNC1. The van der Waals surface area contributed by atoms with Gasteiger partial charge in [0.25, 0.3) is 0 Å². The summed E-state index contributed by atoms with van der Waals surface area (Å²) in [7, 11) is 0. The van der Waals surface area contributed by atoms with E-state index < -0.39 is 0 Å². The maximum Gasteiger partial charge on any atom is 0.0278 e. The summed E-state index contributed by atoms with van der Waals surface area (Å²) < 4.78 is 0. The van der Waals surface area contributed by atoms with Gasteiger partial charge in [-0.1, -0.05) is 6.92 Å². The molecule has 9 heavy (non-hydrogen) atoms. The monoisotopic (exact) mass is 128 g/mol. The molecule has 0 spiro atoms. The fourth-order valence-corrected chi connectivity index (χ4v) is 1.29. The van der Waals surface area contributed by atoms with Gasteiger partial charge in [-0.05, 0) is 25.8 Å². The van der Waals surface area contributed by atoms with Crippen LogP contribution in [0.15, 0.2) is 0 Å². The molecule has 3 N–H and O–H groups in total. The van der Waals surface area contributed by atoms with E-state index in [1.54, 1.807) is 0 Å². The first-order chi connectivity index (χ1) is 4.27. The van der Waals surface area contributed by atoms with Gasteiger partial charge in [0, 0.05) is 12.1 Å². The first-order valence-corrected chi connectivity index (χ1v) is 3.76. The van der Waals surface area contributed by atoms with Gasteiger partial charge in [0.15, 0.2) is 0 Å². The number of hydrogen-bond donors (Lipinski definition) is 2. The highest BCUT2D eigenvalue weighted by atomic mass is 14.9. The van der Waals surface area contributed by atoms with Gasteiger partial charge >= 0.3 is 0 Å².